The van der Waals surface area contributed by atoms with Gasteiger partial charge in [0.05, 0.1) is 30.8 Å². The zero-order chi connectivity index (χ0) is 20.1. The average molecular weight is 392 g/mol. The number of nitrogens with zero attached hydrogens (tertiary/aromatic N) is 1. The summed E-state index contributed by atoms with van der Waals surface area (Å²) in [6.07, 6.45) is -4.40. The monoisotopic (exact) mass is 392 g/mol. The van der Waals surface area contributed by atoms with Crippen LogP contribution in [0.4, 0.5) is 18.9 Å². The van der Waals surface area contributed by atoms with E-state index < -0.39 is 23.2 Å². The maximum atomic E-state index is 13.1. The van der Waals surface area contributed by atoms with Crippen molar-refractivity contribution in [2.75, 3.05) is 31.6 Å². The molecule has 1 aliphatic rings. The zero-order valence-electron chi connectivity index (χ0n) is 15.0. The number of morpholine rings is 1. The van der Waals surface area contributed by atoms with Crippen LogP contribution < -0.4 is 5.32 Å². The van der Waals surface area contributed by atoms with E-state index in [0.717, 1.165) is 17.7 Å². The van der Waals surface area contributed by atoms with Crippen LogP contribution in [-0.2, 0) is 22.1 Å². The molecule has 8 heteroatoms. The van der Waals surface area contributed by atoms with E-state index in [-0.39, 0.29) is 12.3 Å². The van der Waals surface area contributed by atoms with Crippen molar-refractivity contribution in [1.82, 2.24) is 4.90 Å². The van der Waals surface area contributed by atoms with Gasteiger partial charge in [-0.25, -0.2) is 0 Å². The van der Waals surface area contributed by atoms with Gasteiger partial charge in [0, 0.05) is 18.8 Å². The molecule has 148 valence electrons. The Balaban J connectivity index is 1.64. The fourth-order valence-electron chi connectivity index (χ4n) is 2.93. The van der Waals surface area contributed by atoms with Crippen LogP contribution in [0.15, 0.2) is 48.5 Å². The summed E-state index contributed by atoms with van der Waals surface area (Å²) in [5.41, 5.74) is -0.323. The third-order valence-corrected chi connectivity index (χ3v) is 4.41. The van der Waals surface area contributed by atoms with E-state index in [4.69, 9.17) is 4.74 Å². The van der Waals surface area contributed by atoms with Crippen LogP contribution in [0, 0.1) is 0 Å². The normalized spacial score (nSPS) is 14.6. The Kier molecular flexibility index (Phi) is 5.99. The molecule has 0 aromatic heterocycles. The van der Waals surface area contributed by atoms with E-state index >= 15 is 0 Å². The van der Waals surface area contributed by atoms with Crippen molar-refractivity contribution >= 4 is 17.5 Å². The molecule has 1 heterocycles. The number of rotatable bonds is 4. The lowest BCUT2D eigenvalue weighted by Gasteiger charge is -2.26. The number of hydrogen-bond donors (Lipinski definition) is 1. The summed E-state index contributed by atoms with van der Waals surface area (Å²) in [7, 11) is 0. The lowest BCUT2D eigenvalue weighted by molar-refractivity contribution is -0.138. The predicted molar refractivity (Wildman–Crippen MR) is 96.9 cm³/mol. The summed E-state index contributed by atoms with van der Waals surface area (Å²) >= 11 is 0. The highest BCUT2D eigenvalue weighted by Gasteiger charge is 2.34. The average Bonchev–Trinajstić information content (AvgIpc) is 2.69. The first kappa shape index (κ1) is 19.9. The maximum absolute atomic E-state index is 13.1. The highest BCUT2D eigenvalue weighted by Crippen LogP contribution is 2.32. The van der Waals surface area contributed by atoms with Gasteiger partial charge in [-0.2, -0.15) is 13.2 Å². The number of halogens is 3. The van der Waals surface area contributed by atoms with Crippen LogP contribution >= 0.6 is 0 Å². The van der Waals surface area contributed by atoms with E-state index in [1.54, 1.807) is 29.2 Å². The molecule has 0 bridgehead atoms. The maximum Gasteiger partial charge on any atom is 0.417 e. The Bertz CT molecular complexity index is 845. The molecule has 5 nitrogen and oxygen atoms in total. The molecular formula is C20H19F3N2O3. The van der Waals surface area contributed by atoms with Crippen molar-refractivity contribution in [3.8, 4) is 0 Å². The molecule has 28 heavy (non-hydrogen) atoms. The number of anilines is 1. The first-order chi connectivity index (χ1) is 13.3. The summed E-state index contributed by atoms with van der Waals surface area (Å²) in [4.78, 5) is 26.2. The minimum atomic E-state index is -4.61. The van der Waals surface area contributed by atoms with Crippen molar-refractivity contribution in [2.24, 2.45) is 0 Å². The second-order valence-corrected chi connectivity index (χ2v) is 6.36. The lowest BCUT2D eigenvalue weighted by Crippen LogP contribution is -2.41. The van der Waals surface area contributed by atoms with Gasteiger partial charge < -0.3 is 15.0 Å². The van der Waals surface area contributed by atoms with Gasteiger partial charge in [0.1, 0.15) is 0 Å². The van der Waals surface area contributed by atoms with Crippen molar-refractivity contribution < 1.29 is 27.5 Å². The minimum Gasteiger partial charge on any atom is -0.378 e. The molecule has 2 amide bonds. The fraction of sp³-hybridized carbons (Fsp3) is 0.300. The predicted octanol–water partition coefficient (Wildman–Crippen LogP) is 3.36. The SMILES string of the molecule is O=C(Nc1ccc(CC(=O)N2CCOCC2)cc1)c1ccccc1C(F)(F)F. The number of benzene rings is 2. The number of nitrogens with one attached hydrogen (secondary N) is 1. The molecule has 0 atom stereocenters. The van der Waals surface area contributed by atoms with Crippen LogP contribution in [0.3, 0.4) is 0 Å². The zero-order valence-corrected chi connectivity index (χ0v) is 15.0. The minimum absolute atomic E-state index is 0.0146. The summed E-state index contributed by atoms with van der Waals surface area (Å²) in [6, 6.07) is 11.1. The van der Waals surface area contributed by atoms with Crippen LogP contribution in [0.5, 0.6) is 0 Å². The molecule has 2 aromatic carbocycles. The third-order valence-electron chi connectivity index (χ3n) is 4.41. The number of ether oxygens (including phenoxy) is 1. The summed E-state index contributed by atoms with van der Waals surface area (Å²) < 4.78 is 44.4. The molecule has 1 aliphatic heterocycles. The van der Waals surface area contributed by atoms with Crippen LogP contribution in [0.25, 0.3) is 0 Å². The topological polar surface area (TPSA) is 58.6 Å². The molecule has 0 saturated carbocycles. The summed E-state index contributed by atoms with van der Waals surface area (Å²) in [5.74, 6) is -0.857. The molecule has 0 aliphatic carbocycles. The van der Waals surface area contributed by atoms with Crippen molar-refractivity contribution in [3.05, 3.63) is 65.2 Å². The highest BCUT2D eigenvalue weighted by atomic mass is 19.4. The van der Waals surface area contributed by atoms with E-state index in [0.29, 0.717) is 32.0 Å². The van der Waals surface area contributed by atoms with E-state index in [1.807, 2.05) is 0 Å². The Morgan fingerprint density at radius 2 is 1.64 bits per heavy atom. The number of carbonyl (C=O) groups is 2. The molecule has 1 fully saturated rings. The van der Waals surface area contributed by atoms with Gasteiger partial charge in [-0.05, 0) is 29.8 Å². The molecule has 3 rings (SSSR count). The number of hydrogen-bond acceptors (Lipinski definition) is 3. The van der Waals surface area contributed by atoms with Gasteiger partial charge in [-0.15, -0.1) is 0 Å². The van der Waals surface area contributed by atoms with Crippen molar-refractivity contribution in [3.63, 3.8) is 0 Å². The lowest BCUT2D eigenvalue weighted by atomic mass is 10.1. The van der Waals surface area contributed by atoms with Gasteiger partial charge in [0.25, 0.3) is 5.91 Å². The van der Waals surface area contributed by atoms with Crippen LogP contribution in [0.1, 0.15) is 21.5 Å². The Morgan fingerprint density at radius 3 is 2.29 bits per heavy atom. The molecule has 0 spiro atoms. The van der Waals surface area contributed by atoms with Crippen LogP contribution in [0.2, 0.25) is 0 Å². The smallest absolute Gasteiger partial charge is 0.378 e. The fourth-order valence-corrected chi connectivity index (χ4v) is 2.93. The van der Waals surface area contributed by atoms with Gasteiger partial charge >= 0.3 is 6.18 Å². The molecule has 2 aromatic rings. The second-order valence-electron chi connectivity index (χ2n) is 6.36. The van der Waals surface area contributed by atoms with Crippen LogP contribution in [-0.4, -0.2) is 43.0 Å². The van der Waals surface area contributed by atoms with Crippen molar-refractivity contribution in [1.29, 1.82) is 0 Å². The number of alkyl halides is 3. The quantitative estimate of drug-likeness (QED) is 0.868. The van der Waals surface area contributed by atoms with Gasteiger partial charge in [-0.1, -0.05) is 24.3 Å². The van der Waals surface area contributed by atoms with E-state index in [9.17, 15) is 22.8 Å². The molecular weight excluding hydrogens is 373 g/mol. The van der Waals surface area contributed by atoms with Gasteiger partial charge in [0.2, 0.25) is 5.91 Å². The number of carbonyl (C=O) groups excluding carboxylic acids is 2. The van der Waals surface area contributed by atoms with E-state index in [1.165, 1.54) is 12.1 Å². The third kappa shape index (κ3) is 4.89. The summed E-state index contributed by atoms with van der Waals surface area (Å²) in [5, 5.41) is 2.46. The molecule has 0 unspecified atom stereocenters. The van der Waals surface area contributed by atoms with Gasteiger partial charge in [0.15, 0.2) is 0 Å². The first-order valence-corrected chi connectivity index (χ1v) is 8.76. The van der Waals surface area contributed by atoms with E-state index in [2.05, 4.69) is 5.32 Å². The summed E-state index contributed by atoms with van der Waals surface area (Å²) in [6.45, 7) is 2.17. The molecule has 1 saturated heterocycles. The largest absolute Gasteiger partial charge is 0.417 e. The standard InChI is InChI=1S/C20H19F3N2O3/c21-20(22,23)17-4-2-1-3-16(17)19(27)24-15-7-5-14(6-8-15)13-18(26)25-9-11-28-12-10-25/h1-8H,9-13H2,(H,24,27). The second kappa shape index (κ2) is 8.43. The molecule has 0 radical (unpaired) electrons. The Hall–Kier alpha value is -2.87. The number of amides is 2. The Morgan fingerprint density at radius 1 is 1.00 bits per heavy atom. The molecule has 1 N–H and O–H groups in total. The first-order valence-electron chi connectivity index (χ1n) is 8.76. The van der Waals surface area contributed by atoms with Gasteiger partial charge in [-0.3, -0.25) is 9.59 Å². The van der Waals surface area contributed by atoms with Crippen molar-refractivity contribution in [2.45, 2.75) is 12.6 Å². The Labute approximate surface area is 160 Å². The highest BCUT2D eigenvalue weighted by molar-refractivity contribution is 6.05.